The van der Waals surface area contributed by atoms with Crippen LogP contribution in [0.4, 0.5) is 5.69 Å². The molecule has 0 aromatic heterocycles. The van der Waals surface area contributed by atoms with E-state index in [-0.39, 0.29) is 0 Å². The average molecular weight is 316 g/mol. The van der Waals surface area contributed by atoms with Gasteiger partial charge in [-0.15, -0.1) is 0 Å². The maximum Gasteiger partial charge on any atom is 0.329 e. The largest absolute Gasteiger partial charge is 0.329 e. The second-order valence-corrected chi connectivity index (χ2v) is 5.01. The standard InChI is InChI=1S/C16H14ClN3O2/c1-11-5-7-12(8-6-11)10-18-20-16(22)15(21)19-14-4-2-3-13(17)9-14/h2-10H,1H3,(H,19,21)(H,20,22)/b18-10-. The summed E-state index contributed by atoms with van der Waals surface area (Å²) in [5, 5.41) is 6.64. The minimum Gasteiger partial charge on any atom is -0.318 e. The van der Waals surface area contributed by atoms with Crippen molar-refractivity contribution in [1.82, 2.24) is 5.43 Å². The van der Waals surface area contributed by atoms with Crippen LogP contribution < -0.4 is 10.7 Å². The number of nitrogens with one attached hydrogen (secondary N) is 2. The van der Waals surface area contributed by atoms with Crippen LogP contribution in [0.25, 0.3) is 0 Å². The van der Waals surface area contributed by atoms with E-state index in [1.54, 1.807) is 24.3 Å². The lowest BCUT2D eigenvalue weighted by atomic mass is 10.2. The molecule has 2 N–H and O–H groups in total. The molecule has 0 radical (unpaired) electrons. The lowest BCUT2D eigenvalue weighted by molar-refractivity contribution is -0.136. The first-order chi connectivity index (χ1) is 10.5. The highest BCUT2D eigenvalue weighted by molar-refractivity contribution is 6.39. The summed E-state index contributed by atoms with van der Waals surface area (Å²) >= 11 is 5.80. The fraction of sp³-hybridized carbons (Fsp3) is 0.0625. The predicted octanol–water partition coefficient (Wildman–Crippen LogP) is 2.74. The normalized spacial score (nSPS) is 10.5. The summed E-state index contributed by atoms with van der Waals surface area (Å²) in [5.41, 5.74) is 4.55. The Bertz CT molecular complexity index is 712. The van der Waals surface area contributed by atoms with Crippen molar-refractivity contribution < 1.29 is 9.59 Å². The Kier molecular flexibility index (Phi) is 5.27. The molecule has 0 saturated heterocycles. The maximum absolute atomic E-state index is 11.7. The Morgan fingerprint density at radius 1 is 1.09 bits per heavy atom. The molecule has 0 aliphatic carbocycles. The van der Waals surface area contributed by atoms with Crippen LogP contribution in [-0.2, 0) is 9.59 Å². The van der Waals surface area contributed by atoms with Gasteiger partial charge in [-0.3, -0.25) is 9.59 Å². The van der Waals surface area contributed by atoms with E-state index in [0.29, 0.717) is 10.7 Å². The van der Waals surface area contributed by atoms with Crippen LogP contribution >= 0.6 is 11.6 Å². The van der Waals surface area contributed by atoms with Crippen molar-refractivity contribution in [3.8, 4) is 0 Å². The van der Waals surface area contributed by atoms with E-state index in [2.05, 4.69) is 15.8 Å². The Morgan fingerprint density at radius 2 is 1.82 bits per heavy atom. The maximum atomic E-state index is 11.7. The van der Waals surface area contributed by atoms with Crippen LogP contribution in [0.15, 0.2) is 53.6 Å². The molecule has 0 unspecified atom stereocenters. The van der Waals surface area contributed by atoms with Crippen molar-refractivity contribution >= 4 is 35.3 Å². The van der Waals surface area contributed by atoms with Gasteiger partial charge in [0.15, 0.2) is 0 Å². The highest BCUT2D eigenvalue weighted by Crippen LogP contribution is 2.14. The van der Waals surface area contributed by atoms with Gasteiger partial charge in [-0.25, -0.2) is 5.43 Å². The molecular formula is C16H14ClN3O2. The van der Waals surface area contributed by atoms with E-state index >= 15 is 0 Å². The van der Waals surface area contributed by atoms with Gasteiger partial charge in [0, 0.05) is 10.7 Å². The molecule has 0 spiro atoms. The van der Waals surface area contributed by atoms with Gasteiger partial charge in [-0.2, -0.15) is 5.10 Å². The third-order valence-electron chi connectivity index (χ3n) is 2.75. The SMILES string of the molecule is Cc1ccc(/C=N\NC(=O)C(=O)Nc2cccc(Cl)c2)cc1. The number of nitrogens with zero attached hydrogens (tertiary/aromatic N) is 1. The molecule has 22 heavy (non-hydrogen) atoms. The Morgan fingerprint density at radius 3 is 2.50 bits per heavy atom. The summed E-state index contributed by atoms with van der Waals surface area (Å²) in [6.45, 7) is 1.98. The number of hydrazone groups is 1. The lowest BCUT2D eigenvalue weighted by Crippen LogP contribution is -2.32. The first-order valence-corrected chi connectivity index (χ1v) is 6.89. The predicted molar refractivity (Wildman–Crippen MR) is 87.0 cm³/mol. The van der Waals surface area contributed by atoms with E-state index in [4.69, 9.17) is 11.6 Å². The van der Waals surface area contributed by atoms with E-state index in [1.807, 2.05) is 31.2 Å². The fourth-order valence-electron chi connectivity index (χ4n) is 1.62. The van der Waals surface area contributed by atoms with E-state index in [0.717, 1.165) is 11.1 Å². The van der Waals surface area contributed by atoms with Crippen molar-refractivity contribution in [3.05, 3.63) is 64.7 Å². The Hall–Kier alpha value is -2.66. The van der Waals surface area contributed by atoms with Gasteiger partial charge < -0.3 is 5.32 Å². The molecule has 2 amide bonds. The van der Waals surface area contributed by atoms with Crippen LogP contribution in [0.2, 0.25) is 5.02 Å². The summed E-state index contributed by atoms with van der Waals surface area (Å²) in [7, 11) is 0. The van der Waals surface area contributed by atoms with E-state index in [1.165, 1.54) is 6.21 Å². The number of amides is 2. The molecule has 0 aliphatic heterocycles. The minimum absolute atomic E-state index is 0.440. The smallest absolute Gasteiger partial charge is 0.318 e. The van der Waals surface area contributed by atoms with Gasteiger partial charge >= 0.3 is 11.8 Å². The second-order valence-electron chi connectivity index (χ2n) is 4.57. The molecule has 0 fully saturated rings. The number of carbonyl (C=O) groups excluding carboxylic acids is 2. The van der Waals surface area contributed by atoms with Crippen LogP contribution in [0.1, 0.15) is 11.1 Å². The van der Waals surface area contributed by atoms with Crippen LogP contribution in [0, 0.1) is 6.92 Å². The summed E-state index contributed by atoms with van der Waals surface area (Å²) in [5.74, 6) is -1.67. The third-order valence-corrected chi connectivity index (χ3v) is 2.98. The first kappa shape index (κ1) is 15.7. The third kappa shape index (κ3) is 4.71. The van der Waals surface area contributed by atoms with Crippen LogP contribution in [0.5, 0.6) is 0 Å². The van der Waals surface area contributed by atoms with Crippen molar-refractivity contribution in [2.45, 2.75) is 6.92 Å². The van der Waals surface area contributed by atoms with E-state index in [9.17, 15) is 9.59 Å². The van der Waals surface area contributed by atoms with Crippen molar-refractivity contribution in [1.29, 1.82) is 0 Å². The molecule has 0 atom stereocenters. The molecule has 0 bridgehead atoms. The number of carbonyl (C=O) groups is 2. The Labute approximate surface area is 133 Å². The van der Waals surface area contributed by atoms with Gasteiger partial charge in [-0.1, -0.05) is 47.5 Å². The number of anilines is 1. The van der Waals surface area contributed by atoms with Gasteiger partial charge in [-0.05, 0) is 30.7 Å². The first-order valence-electron chi connectivity index (χ1n) is 6.51. The number of hydrogen-bond donors (Lipinski definition) is 2. The molecule has 0 heterocycles. The minimum atomic E-state index is -0.858. The molecule has 6 heteroatoms. The van der Waals surface area contributed by atoms with Crippen molar-refractivity contribution in [2.75, 3.05) is 5.32 Å². The lowest BCUT2D eigenvalue weighted by Gasteiger charge is -2.04. The topological polar surface area (TPSA) is 70.6 Å². The van der Waals surface area contributed by atoms with Crippen LogP contribution in [0.3, 0.4) is 0 Å². The molecule has 0 saturated carbocycles. The zero-order valence-electron chi connectivity index (χ0n) is 11.8. The monoisotopic (exact) mass is 315 g/mol. The van der Waals surface area contributed by atoms with Gasteiger partial charge in [0.25, 0.3) is 0 Å². The Balaban J connectivity index is 1.89. The highest BCUT2D eigenvalue weighted by Gasteiger charge is 2.12. The molecule has 112 valence electrons. The number of benzene rings is 2. The number of aryl methyl sites for hydroxylation is 1. The fourth-order valence-corrected chi connectivity index (χ4v) is 1.81. The van der Waals surface area contributed by atoms with E-state index < -0.39 is 11.8 Å². The molecule has 2 rings (SSSR count). The van der Waals surface area contributed by atoms with Crippen molar-refractivity contribution in [3.63, 3.8) is 0 Å². The quantitative estimate of drug-likeness (QED) is 0.519. The summed E-state index contributed by atoms with van der Waals surface area (Å²) < 4.78 is 0. The summed E-state index contributed by atoms with van der Waals surface area (Å²) in [4.78, 5) is 23.3. The second kappa shape index (κ2) is 7.38. The zero-order chi connectivity index (χ0) is 15.9. The summed E-state index contributed by atoms with van der Waals surface area (Å²) in [6, 6.07) is 14.1. The highest BCUT2D eigenvalue weighted by atomic mass is 35.5. The molecule has 2 aromatic carbocycles. The van der Waals surface area contributed by atoms with Gasteiger partial charge in [0.2, 0.25) is 0 Å². The molecule has 5 nitrogen and oxygen atoms in total. The zero-order valence-corrected chi connectivity index (χ0v) is 12.6. The van der Waals surface area contributed by atoms with Gasteiger partial charge in [0.05, 0.1) is 6.21 Å². The number of rotatable bonds is 3. The molecular weight excluding hydrogens is 302 g/mol. The molecule has 0 aliphatic rings. The van der Waals surface area contributed by atoms with Crippen LogP contribution in [-0.4, -0.2) is 18.0 Å². The molecule has 2 aromatic rings. The average Bonchev–Trinajstić information content (AvgIpc) is 2.49. The van der Waals surface area contributed by atoms with Gasteiger partial charge in [0.1, 0.15) is 0 Å². The summed E-state index contributed by atoms with van der Waals surface area (Å²) in [6.07, 6.45) is 1.46. The van der Waals surface area contributed by atoms with Crippen molar-refractivity contribution in [2.24, 2.45) is 5.10 Å². The number of halogens is 1. The number of hydrogen-bond acceptors (Lipinski definition) is 3.